The zero-order valence-electron chi connectivity index (χ0n) is 10.2. The van der Waals surface area contributed by atoms with Gasteiger partial charge in [0.15, 0.2) is 0 Å². The van der Waals surface area contributed by atoms with Gasteiger partial charge < -0.3 is 10.1 Å². The van der Waals surface area contributed by atoms with Crippen LogP contribution in [0.5, 0.6) is 0 Å². The van der Waals surface area contributed by atoms with E-state index in [2.05, 4.69) is 16.0 Å². The van der Waals surface area contributed by atoms with Gasteiger partial charge in [0.2, 0.25) is 0 Å². The van der Waals surface area contributed by atoms with Crippen molar-refractivity contribution in [2.75, 3.05) is 11.9 Å². The lowest BCUT2D eigenvalue weighted by Crippen LogP contribution is -2.22. The maximum absolute atomic E-state index is 11.4. The van der Waals surface area contributed by atoms with Gasteiger partial charge in [-0.15, -0.1) is 0 Å². The van der Waals surface area contributed by atoms with Crippen LogP contribution in [0.1, 0.15) is 18.5 Å². The zero-order valence-corrected chi connectivity index (χ0v) is 10.2. The van der Waals surface area contributed by atoms with Crippen molar-refractivity contribution < 1.29 is 19.1 Å². The van der Waals surface area contributed by atoms with E-state index in [9.17, 15) is 14.4 Å². The molecule has 1 aromatic rings. The van der Waals surface area contributed by atoms with Gasteiger partial charge in [0.1, 0.15) is 6.04 Å². The maximum Gasteiger partial charge on any atom is 0.411 e. The molecule has 2 rings (SSSR count). The van der Waals surface area contributed by atoms with E-state index in [0.29, 0.717) is 11.3 Å². The molecular weight excluding hydrogens is 250 g/mol. The maximum atomic E-state index is 11.4. The van der Waals surface area contributed by atoms with E-state index in [4.69, 9.17) is 4.74 Å². The van der Waals surface area contributed by atoms with Gasteiger partial charge in [-0.1, -0.05) is 12.1 Å². The average Bonchev–Trinajstić information content (AvgIpc) is 2.70. The number of carbonyl (C=O) groups excluding carboxylic acids is 3. The molecule has 0 spiro atoms. The molecule has 1 unspecified atom stereocenters. The molecule has 0 bridgehead atoms. The summed E-state index contributed by atoms with van der Waals surface area (Å²) < 4.78 is 4.74. The molecule has 1 aliphatic heterocycles. The normalized spacial score (nSPS) is 17.6. The van der Waals surface area contributed by atoms with E-state index in [1.165, 1.54) is 0 Å². The Labute approximate surface area is 109 Å². The van der Waals surface area contributed by atoms with Crippen molar-refractivity contribution >= 4 is 23.7 Å². The van der Waals surface area contributed by atoms with Gasteiger partial charge in [0, 0.05) is 5.69 Å². The Morgan fingerprint density at radius 1 is 1.32 bits per heavy atom. The number of benzene rings is 1. The third-order valence-corrected chi connectivity index (χ3v) is 2.54. The van der Waals surface area contributed by atoms with Crippen LogP contribution in [-0.4, -0.2) is 24.6 Å². The van der Waals surface area contributed by atoms with Gasteiger partial charge in [-0.2, -0.15) is 0 Å². The standard InChI is InChI=1S/C12H13N3O4/c1-2-19-12(18)13-8-5-3-7(4-6-8)9-10(16)15-11(17)14-9/h3-6,9H,2H2,1H3,(H,13,18)(H2,14,15,16,17). The summed E-state index contributed by atoms with van der Waals surface area (Å²) in [5, 5.41) is 7.17. The predicted octanol–water partition coefficient (Wildman–Crippen LogP) is 1.14. The fourth-order valence-electron chi connectivity index (χ4n) is 1.70. The fourth-order valence-corrected chi connectivity index (χ4v) is 1.70. The monoisotopic (exact) mass is 263 g/mol. The molecule has 7 heteroatoms. The molecular formula is C12H13N3O4. The zero-order chi connectivity index (χ0) is 13.8. The lowest BCUT2D eigenvalue weighted by Gasteiger charge is -2.09. The third-order valence-electron chi connectivity index (χ3n) is 2.54. The lowest BCUT2D eigenvalue weighted by molar-refractivity contribution is -0.120. The second kappa shape index (κ2) is 5.38. The Morgan fingerprint density at radius 3 is 2.53 bits per heavy atom. The molecule has 0 aromatic heterocycles. The summed E-state index contributed by atoms with van der Waals surface area (Å²) in [4.78, 5) is 33.6. The highest BCUT2D eigenvalue weighted by Gasteiger charge is 2.30. The van der Waals surface area contributed by atoms with Gasteiger partial charge in [-0.25, -0.2) is 9.59 Å². The Morgan fingerprint density at radius 2 is 2.00 bits per heavy atom. The first-order valence-corrected chi connectivity index (χ1v) is 5.75. The first-order chi connectivity index (χ1) is 9.10. The molecule has 7 nitrogen and oxygen atoms in total. The van der Waals surface area contributed by atoms with Gasteiger partial charge in [-0.3, -0.25) is 15.4 Å². The van der Waals surface area contributed by atoms with Crippen molar-refractivity contribution in [3.05, 3.63) is 29.8 Å². The van der Waals surface area contributed by atoms with Gasteiger partial charge in [-0.05, 0) is 24.6 Å². The second-order valence-corrected chi connectivity index (χ2v) is 3.86. The SMILES string of the molecule is CCOC(=O)Nc1ccc(C2NC(=O)NC2=O)cc1. The van der Waals surface area contributed by atoms with Crippen LogP contribution in [0.4, 0.5) is 15.3 Å². The van der Waals surface area contributed by atoms with Crippen molar-refractivity contribution in [1.29, 1.82) is 0 Å². The number of rotatable bonds is 3. The summed E-state index contributed by atoms with van der Waals surface area (Å²) in [5.41, 5.74) is 1.18. The Hall–Kier alpha value is -2.57. The van der Waals surface area contributed by atoms with E-state index in [1.807, 2.05) is 0 Å². The van der Waals surface area contributed by atoms with Crippen LogP contribution in [0.2, 0.25) is 0 Å². The Kier molecular flexibility index (Phi) is 3.65. The minimum Gasteiger partial charge on any atom is -0.450 e. The number of hydrogen-bond acceptors (Lipinski definition) is 4. The van der Waals surface area contributed by atoms with Crippen LogP contribution in [0.25, 0.3) is 0 Å². The van der Waals surface area contributed by atoms with Crippen LogP contribution in [0, 0.1) is 0 Å². The van der Waals surface area contributed by atoms with E-state index in [0.717, 1.165) is 0 Å². The van der Waals surface area contributed by atoms with Crippen LogP contribution in [0.15, 0.2) is 24.3 Å². The molecule has 4 amide bonds. The van der Waals surface area contributed by atoms with Crippen LogP contribution in [0.3, 0.4) is 0 Å². The van der Waals surface area contributed by atoms with Crippen molar-refractivity contribution in [2.45, 2.75) is 13.0 Å². The summed E-state index contributed by atoms with van der Waals surface area (Å²) in [6.07, 6.45) is -0.540. The van der Waals surface area contributed by atoms with Crippen LogP contribution < -0.4 is 16.0 Å². The topological polar surface area (TPSA) is 96.5 Å². The van der Waals surface area contributed by atoms with E-state index >= 15 is 0 Å². The van der Waals surface area contributed by atoms with E-state index in [-0.39, 0.29) is 6.61 Å². The molecule has 1 heterocycles. The largest absolute Gasteiger partial charge is 0.450 e. The van der Waals surface area contributed by atoms with Gasteiger partial charge >= 0.3 is 12.1 Å². The molecule has 1 aliphatic rings. The highest BCUT2D eigenvalue weighted by atomic mass is 16.5. The quantitative estimate of drug-likeness (QED) is 0.712. The second-order valence-electron chi connectivity index (χ2n) is 3.86. The van der Waals surface area contributed by atoms with Crippen molar-refractivity contribution in [3.63, 3.8) is 0 Å². The molecule has 1 atom stereocenters. The number of ether oxygens (including phenoxy) is 1. The molecule has 19 heavy (non-hydrogen) atoms. The highest BCUT2D eigenvalue weighted by molar-refractivity contribution is 6.04. The van der Waals surface area contributed by atoms with Gasteiger partial charge in [0.05, 0.1) is 6.61 Å². The number of anilines is 1. The molecule has 1 aromatic carbocycles. The molecule has 1 fully saturated rings. The highest BCUT2D eigenvalue weighted by Crippen LogP contribution is 2.19. The summed E-state index contributed by atoms with van der Waals surface area (Å²) in [6, 6.07) is 5.36. The molecule has 1 saturated heterocycles. The smallest absolute Gasteiger partial charge is 0.411 e. The minimum atomic E-state index is -0.691. The molecule has 0 saturated carbocycles. The van der Waals surface area contributed by atoms with Crippen molar-refractivity contribution in [3.8, 4) is 0 Å². The summed E-state index contributed by atoms with van der Waals surface area (Å²) in [5.74, 6) is -0.392. The Balaban J connectivity index is 2.04. The number of hydrogen-bond donors (Lipinski definition) is 3. The summed E-state index contributed by atoms with van der Waals surface area (Å²) in [6.45, 7) is 2.00. The molecule has 0 aliphatic carbocycles. The first-order valence-electron chi connectivity index (χ1n) is 5.75. The van der Waals surface area contributed by atoms with Crippen molar-refractivity contribution in [1.82, 2.24) is 10.6 Å². The first kappa shape index (κ1) is 12.9. The average molecular weight is 263 g/mol. The van der Waals surface area contributed by atoms with Gasteiger partial charge in [0.25, 0.3) is 5.91 Å². The molecule has 100 valence electrons. The fraction of sp³-hybridized carbons (Fsp3) is 0.250. The Bertz CT molecular complexity index is 512. The van der Waals surface area contributed by atoms with Crippen LogP contribution >= 0.6 is 0 Å². The molecule has 0 radical (unpaired) electrons. The summed E-state index contributed by atoms with van der Waals surface area (Å²) in [7, 11) is 0. The predicted molar refractivity (Wildman–Crippen MR) is 66.5 cm³/mol. The van der Waals surface area contributed by atoms with E-state index in [1.54, 1.807) is 31.2 Å². The van der Waals surface area contributed by atoms with E-state index < -0.39 is 24.1 Å². The molecule has 3 N–H and O–H groups in total. The third kappa shape index (κ3) is 3.01. The number of urea groups is 1. The number of amides is 4. The number of nitrogens with one attached hydrogen (secondary N) is 3. The lowest BCUT2D eigenvalue weighted by atomic mass is 10.1. The number of carbonyl (C=O) groups is 3. The van der Waals surface area contributed by atoms with Crippen LogP contribution in [-0.2, 0) is 9.53 Å². The van der Waals surface area contributed by atoms with Crippen molar-refractivity contribution in [2.24, 2.45) is 0 Å². The number of imide groups is 1. The summed E-state index contributed by atoms with van der Waals surface area (Å²) >= 11 is 0. The minimum absolute atomic E-state index is 0.290.